The molecule has 0 aliphatic heterocycles. The van der Waals surface area contributed by atoms with Crippen molar-refractivity contribution in [1.82, 2.24) is 15.6 Å². The van der Waals surface area contributed by atoms with Crippen LogP contribution in [0.5, 0.6) is 5.75 Å². The quantitative estimate of drug-likeness (QED) is 0.413. The maximum absolute atomic E-state index is 5.70. The van der Waals surface area contributed by atoms with Crippen molar-refractivity contribution < 1.29 is 4.74 Å². The van der Waals surface area contributed by atoms with E-state index in [2.05, 4.69) is 36.5 Å². The third-order valence-electron chi connectivity index (χ3n) is 3.17. The van der Waals surface area contributed by atoms with Crippen molar-refractivity contribution in [2.24, 2.45) is 4.99 Å². The Labute approximate surface area is 151 Å². The first-order valence-corrected chi connectivity index (χ1v) is 8.87. The number of nitrogens with one attached hydrogen (secondary N) is 2. The van der Waals surface area contributed by atoms with Gasteiger partial charge in [0.2, 0.25) is 0 Å². The van der Waals surface area contributed by atoms with Crippen molar-refractivity contribution in [3.8, 4) is 5.75 Å². The van der Waals surface area contributed by atoms with Crippen LogP contribution in [0.4, 0.5) is 0 Å². The van der Waals surface area contributed by atoms with Gasteiger partial charge in [-0.15, -0.1) is 0 Å². The fourth-order valence-electron chi connectivity index (χ4n) is 2.07. The van der Waals surface area contributed by atoms with Gasteiger partial charge < -0.3 is 15.4 Å². The molecule has 1 aromatic carbocycles. The lowest BCUT2D eigenvalue weighted by Gasteiger charge is -2.12. The zero-order valence-electron chi connectivity index (χ0n) is 13.8. The number of halogens is 1. The average molecular weight is 391 g/mol. The molecule has 0 radical (unpaired) electrons. The van der Waals surface area contributed by atoms with Gasteiger partial charge in [0.1, 0.15) is 12.4 Å². The minimum Gasteiger partial charge on any atom is -0.492 e. The molecule has 0 unspecified atom stereocenters. The zero-order chi connectivity index (χ0) is 17.0. The van der Waals surface area contributed by atoms with Gasteiger partial charge in [-0.05, 0) is 37.3 Å². The molecule has 0 aliphatic carbocycles. The molecule has 2 aromatic rings. The summed E-state index contributed by atoms with van der Waals surface area (Å²) >= 11 is 3.43. The largest absolute Gasteiger partial charge is 0.492 e. The van der Waals surface area contributed by atoms with Crippen molar-refractivity contribution in [2.75, 3.05) is 26.2 Å². The molecule has 0 aliphatic rings. The van der Waals surface area contributed by atoms with E-state index in [9.17, 15) is 0 Å². The van der Waals surface area contributed by atoms with Crippen LogP contribution in [-0.4, -0.2) is 37.2 Å². The number of rotatable bonds is 8. The molecule has 6 heteroatoms. The van der Waals surface area contributed by atoms with E-state index in [0.29, 0.717) is 19.7 Å². The van der Waals surface area contributed by atoms with Crippen molar-refractivity contribution in [1.29, 1.82) is 0 Å². The van der Waals surface area contributed by atoms with Crippen LogP contribution in [0.1, 0.15) is 12.6 Å². The van der Waals surface area contributed by atoms with Gasteiger partial charge in [-0.3, -0.25) is 9.98 Å². The number of pyridine rings is 1. The van der Waals surface area contributed by atoms with E-state index in [1.165, 1.54) is 0 Å². The molecule has 1 heterocycles. The van der Waals surface area contributed by atoms with E-state index in [1.54, 1.807) is 0 Å². The molecule has 0 saturated heterocycles. The standard InChI is InChI=1S/C18H23BrN4O/c1-2-20-18(22-11-9-16-7-3-4-10-21-16)23-12-13-24-17-8-5-6-15(19)14-17/h3-8,10,14H,2,9,11-13H2,1H3,(H2,20,22,23). The average Bonchev–Trinajstić information content (AvgIpc) is 2.60. The summed E-state index contributed by atoms with van der Waals surface area (Å²) in [4.78, 5) is 8.86. The monoisotopic (exact) mass is 390 g/mol. The van der Waals surface area contributed by atoms with Crippen LogP contribution in [0, 0.1) is 0 Å². The number of benzene rings is 1. The fourth-order valence-corrected chi connectivity index (χ4v) is 2.44. The Morgan fingerprint density at radius 2 is 2.12 bits per heavy atom. The second-order valence-corrected chi connectivity index (χ2v) is 5.98. The summed E-state index contributed by atoms with van der Waals surface area (Å²) in [5.74, 6) is 1.65. The molecule has 0 saturated carbocycles. The molecule has 1 aromatic heterocycles. The lowest BCUT2D eigenvalue weighted by Crippen LogP contribution is -2.39. The Bertz CT molecular complexity index is 634. The minimum atomic E-state index is 0.571. The smallest absolute Gasteiger partial charge is 0.191 e. The zero-order valence-corrected chi connectivity index (χ0v) is 15.4. The van der Waals surface area contributed by atoms with E-state index in [-0.39, 0.29) is 0 Å². The number of guanidine groups is 1. The lowest BCUT2D eigenvalue weighted by atomic mass is 10.3. The highest BCUT2D eigenvalue weighted by atomic mass is 79.9. The van der Waals surface area contributed by atoms with Gasteiger partial charge in [0.25, 0.3) is 0 Å². The van der Waals surface area contributed by atoms with Gasteiger partial charge in [0.05, 0.1) is 6.54 Å². The molecule has 0 amide bonds. The molecule has 2 rings (SSSR count). The number of aromatic nitrogens is 1. The number of nitrogens with zero attached hydrogens (tertiary/aromatic N) is 2. The van der Waals surface area contributed by atoms with Crippen LogP contribution in [-0.2, 0) is 6.42 Å². The van der Waals surface area contributed by atoms with Crippen molar-refractivity contribution in [2.45, 2.75) is 13.3 Å². The van der Waals surface area contributed by atoms with Crippen LogP contribution in [0.3, 0.4) is 0 Å². The Kier molecular flexibility index (Phi) is 8.10. The Balaban J connectivity index is 1.73. The Morgan fingerprint density at radius 1 is 1.21 bits per heavy atom. The van der Waals surface area contributed by atoms with Gasteiger partial charge >= 0.3 is 0 Å². The molecule has 24 heavy (non-hydrogen) atoms. The molecule has 2 N–H and O–H groups in total. The summed E-state index contributed by atoms with van der Waals surface area (Å²) in [7, 11) is 0. The van der Waals surface area contributed by atoms with Crippen LogP contribution in [0.15, 0.2) is 58.1 Å². The van der Waals surface area contributed by atoms with E-state index in [1.807, 2.05) is 55.6 Å². The van der Waals surface area contributed by atoms with Gasteiger partial charge in [-0.1, -0.05) is 28.1 Å². The third-order valence-corrected chi connectivity index (χ3v) is 3.66. The maximum atomic E-state index is 5.70. The van der Waals surface area contributed by atoms with Crippen LogP contribution < -0.4 is 15.4 Å². The predicted molar refractivity (Wildman–Crippen MR) is 102 cm³/mol. The van der Waals surface area contributed by atoms with Crippen molar-refractivity contribution in [3.63, 3.8) is 0 Å². The summed E-state index contributed by atoms with van der Waals surface area (Å²) in [6, 6.07) is 13.8. The second-order valence-electron chi connectivity index (χ2n) is 5.06. The molecule has 0 fully saturated rings. The molecule has 0 atom stereocenters. The first kappa shape index (κ1) is 18.3. The SMILES string of the molecule is CCNC(=NCCc1ccccn1)NCCOc1cccc(Br)c1. The fraction of sp³-hybridized carbons (Fsp3) is 0.333. The van der Waals surface area contributed by atoms with Crippen LogP contribution in [0.25, 0.3) is 0 Å². The molecule has 128 valence electrons. The number of hydrogen-bond donors (Lipinski definition) is 2. The lowest BCUT2D eigenvalue weighted by molar-refractivity contribution is 0.321. The highest BCUT2D eigenvalue weighted by molar-refractivity contribution is 9.10. The first-order valence-electron chi connectivity index (χ1n) is 8.08. The van der Waals surface area contributed by atoms with E-state index >= 15 is 0 Å². The highest BCUT2D eigenvalue weighted by Gasteiger charge is 1.99. The molecular formula is C18H23BrN4O. The van der Waals surface area contributed by atoms with E-state index in [4.69, 9.17) is 4.74 Å². The molecule has 5 nitrogen and oxygen atoms in total. The van der Waals surface area contributed by atoms with Gasteiger partial charge in [-0.25, -0.2) is 0 Å². The normalized spacial score (nSPS) is 11.2. The maximum Gasteiger partial charge on any atom is 0.191 e. The summed E-state index contributed by atoms with van der Waals surface area (Å²) in [5.41, 5.74) is 1.05. The number of hydrogen-bond acceptors (Lipinski definition) is 3. The van der Waals surface area contributed by atoms with Crippen molar-refractivity contribution in [3.05, 3.63) is 58.8 Å². The first-order chi connectivity index (χ1) is 11.8. The molecule has 0 bridgehead atoms. The third kappa shape index (κ3) is 7.00. The molecule has 0 spiro atoms. The second kappa shape index (κ2) is 10.6. The summed E-state index contributed by atoms with van der Waals surface area (Å²) < 4.78 is 6.72. The van der Waals surface area contributed by atoms with E-state index < -0.39 is 0 Å². The van der Waals surface area contributed by atoms with Gasteiger partial charge in [-0.2, -0.15) is 0 Å². The topological polar surface area (TPSA) is 58.5 Å². The van der Waals surface area contributed by atoms with Gasteiger partial charge in [0, 0.05) is 35.9 Å². The van der Waals surface area contributed by atoms with Crippen LogP contribution >= 0.6 is 15.9 Å². The highest BCUT2D eigenvalue weighted by Crippen LogP contribution is 2.17. The van der Waals surface area contributed by atoms with Crippen molar-refractivity contribution >= 4 is 21.9 Å². The number of aliphatic imine (C=N–C) groups is 1. The summed E-state index contributed by atoms with van der Waals surface area (Å²) in [6.45, 7) is 4.82. The number of ether oxygens (including phenoxy) is 1. The summed E-state index contributed by atoms with van der Waals surface area (Å²) in [5, 5.41) is 6.51. The Hall–Kier alpha value is -2.08. The van der Waals surface area contributed by atoms with E-state index in [0.717, 1.165) is 34.8 Å². The predicted octanol–water partition coefficient (Wildman–Crippen LogP) is 3.02. The summed E-state index contributed by atoms with van der Waals surface area (Å²) in [6.07, 6.45) is 2.63. The Morgan fingerprint density at radius 3 is 2.88 bits per heavy atom. The van der Waals surface area contributed by atoms with Crippen LogP contribution in [0.2, 0.25) is 0 Å². The molecular weight excluding hydrogens is 368 g/mol. The van der Waals surface area contributed by atoms with Gasteiger partial charge in [0.15, 0.2) is 5.96 Å². The minimum absolute atomic E-state index is 0.571.